The minimum Gasteiger partial charge on any atom is -0.508 e. The van der Waals surface area contributed by atoms with Gasteiger partial charge < -0.3 is 10.4 Å². The van der Waals surface area contributed by atoms with Crippen molar-refractivity contribution in [1.82, 2.24) is 4.98 Å². The molecule has 2 N–H and O–H groups in total. The SMILES string of the molecule is Cc1cc(O)ccc1NCc1ccnc2ccccc12. The second kappa shape index (κ2) is 5.21. The zero-order valence-corrected chi connectivity index (χ0v) is 11.3. The average molecular weight is 264 g/mol. The fourth-order valence-electron chi connectivity index (χ4n) is 2.35. The van der Waals surface area contributed by atoms with Crippen LogP contribution in [0.5, 0.6) is 5.75 Å². The van der Waals surface area contributed by atoms with E-state index in [2.05, 4.69) is 16.4 Å². The number of rotatable bonds is 3. The first kappa shape index (κ1) is 12.5. The Morgan fingerprint density at radius 3 is 2.80 bits per heavy atom. The van der Waals surface area contributed by atoms with Crippen molar-refractivity contribution in [1.29, 1.82) is 0 Å². The summed E-state index contributed by atoms with van der Waals surface area (Å²) in [5, 5.41) is 14.0. The fraction of sp³-hybridized carbons (Fsp3) is 0.118. The number of nitrogens with zero attached hydrogens (tertiary/aromatic N) is 1. The minimum absolute atomic E-state index is 0.294. The summed E-state index contributed by atoms with van der Waals surface area (Å²) in [6.45, 7) is 2.71. The second-order valence-electron chi connectivity index (χ2n) is 4.84. The lowest BCUT2D eigenvalue weighted by molar-refractivity contribution is 0.475. The summed E-state index contributed by atoms with van der Waals surface area (Å²) >= 11 is 0. The fourth-order valence-corrected chi connectivity index (χ4v) is 2.35. The number of aryl methyl sites for hydroxylation is 1. The summed E-state index contributed by atoms with van der Waals surface area (Å²) in [5.41, 5.74) is 4.28. The van der Waals surface area contributed by atoms with E-state index in [1.54, 1.807) is 12.1 Å². The van der Waals surface area contributed by atoms with Crippen molar-refractivity contribution in [3.8, 4) is 5.75 Å². The van der Waals surface area contributed by atoms with E-state index in [-0.39, 0.29) is 0 Å². The Kier molecular flexibility index (Phi) is 3.25. The molecular formula is C17H16N2O. The van der Waals surface area contributed by atoms with Crippen LogP contribution < -0.4 is 5.32 Å². The molecule has 2 aromatic carbocycles. The van der Waals surface area contributed by atoms with Crippen LogP contribution in [0.25, 0.3) is 10.9 Å². The Morgan fingerprint density at radius 1 is 1.10 bits per heavy atom. The predicted molar refractivity (Wildman–Crippen MR) is 81.9 cm³/mol. The highest BCUT2D eigenvalue weighted by atomic mass is 16.3. The molecular weight excluding hydrogens is 248 g/mol. The first-order chi connectivity index (χ1) is 9.74. The van der Waals surface area contributed by atoms with Gasteiger partial charge in [-0.25, -0.2) is 0 Å². The highest BCUT2D eigenvalue weighted by Crippen LogP contribution is 2.22. The van der Waals surface area contributed by atoms with Gasteiger partial charge in [-0.15, -0.1) is 0 Å². The number of aromatic nitrogens is 1. The van der Waals surface area contributed by atoms with E-state index in [9.17, 15) is 5.11 Å². The number of phenols is 1. The number of nitrogens with one attached hydrogen (secondary N) is 1. The molecule has 0 radical (unpaired) electrons. The van der Waals surface area contributed by atoms with Crippen LogP contribution in [0.3, 0.4) is 0 Å². The maximum Gasteiger partial charge on any atom is 0.115 e. The van der Waals surface area contributed by atoms with Crippen LogP contribution >= 0.6 is 0 Å². The van der Waals surface area contributed by atoms with Gasteiger partial charge >= 0.3 is 0 Å². The van der Waals surface area contributed by atoms with E-state index < -0.39 is 0 Å². The van der Waals surface area contributed by atoms with Gasteiger partial charge in [-0.2, -0.15) is 0 Å². The number of benzene rings is 2. The summed E-state index contributed by atoms with van der Waals surface area (Å²) in [7, 11) is 0. The summed E-state index contributed by atoms with van der Waals surface area (Å²) in [4.78, 5) is 4.37. The van der Waals surface area contributed by atoms with Crippen molar-refractivity contribution >= 4 is 16.6 Å². The number of phenolic OH excluding ortho intramolecular Hbond substituents is 1. The van der Waals surface area contributed by atoms with Crippen molar-refractivity contribution in [2.24, 2.45) is 0 Å². The normalized spacial score (nSPS) is 10.7. The molecule has 0 aliphatic carbocycles. The third-order valence-electron chi connectivity index (χ3n) is 3.42. The molecule has 3 nitrogen and oxygen atoms in total. The van der Waals surface area contributed by atoms with Gasteiger partial charge in [-0.1, -0.05) is 18.2 Å². The monoisotopic (exact) mass is 264 g/mol. The highest BCUT2D eigenvalue weighted by Gasteiger charge is 2.03. The number of fused-ring (bicyclic) bond motifs is 1. The van der Waals surface area contributed by atoms with E-state index in [1.165, 1.54) is 10.9 Å². The molecule has 0 unspecified atom stereocenters. The van der Waals surface area contributed by atoms with Gasteiger partial charge in [-0.3, -0.25) is 4.98 Å². The van der Waals surface area contributed by atoms with Gasteiger partial charge in [0, 0.05) is 23.8 Å². The second-order valence-corrected chi connectivity index (χ2v) is 4.84. The minimum atomic E-state index is 0.294. The van der Waals surface area contributed by atoms with Gasteiger partial charge in [0.05, 0.1) is 5.52 Å². The lowest BCUT2D eigenvalue weighted by atomic mass is 10.1. The highest BCUT2D eigenvalue weighted by molar-refractivity contribution is 5.82. The molecule has 0 fully saturated rings. The van der Waals surface area contributed by atoms with E-state index in [1.807, 2.05) is 43.5 Å². The summed E-state index contributed by atoms with van der Waals surface area (Å²) < 4.78 is 0. The molecule has 1 aromatic heterocycles. The largest absolute Gasteiger partial charge is 0.508 e. The molecule has 0 spiro atoms. The lowest BCUT2D eigenvalue weighted by Crippen LogP contribution is -2.01. The first-order valence-electron chi connectivity index (χ1n) is 6.60. The Hall–Kier alpha value is -2.55. The summed E-state index contributed by atoms with van der Waals surface area (Å²) in [6.07, 6.45) is 1.84. The van der Waals surface area contributed by atoms with Crippen molar-refractivity contribution < 1.29 is 5.11 Å². The molecule has 3 rings (SSSR count). The maximum absolute atomic E-state index is 9.43. The molecule has 0 saturated carbocycles. The van der Waals surface area contributed by atoms with Gasteiger partial charge in [0.15, 0.2) is 0 Å². The predicted octanol–water partition coefficient (Wildman–Crippen LogP) is 3.86. The number of pyridine rings is 1. The average Bonchev–Trinajstić information content (AvgIpc) is 2.46. The van der Waals surface area contributed by atoms with Gasteiger partial charge in [0.2, 0.25) is 0 Å². The number of hydrogen-bond donors (Lipinski definition) is 2. The van der Waals surface area contributed by atoms with Gasteiger partial charge in [0.25, 0.3) is 0 Å². The quantitative estimate of drug-likeness (QED) is 0.706. The Balaban J connectivity index is 1.87. The van der Waals surface area contributed by atoms with E-state index in [4.69, 9.17) is 0 Å². The van der Waals surface area contributed by atoms with E-state index in [0.29, 0.717) is 5.75 Å². The molecule has 3 aromatic rings. The number of hydrogen-bond acceptors (Lipinski definition) is 3. The number of anilines is 1. The van der Waals surface area contributed by atoms with Crippen molar-refractivity contribution in [2.45, 2.75) is 13.5 Å². The van der Waals surface area contributed by atoms with Crippen molar-refractivity contribution in [2.75, 3.05) is 5.32 Å². The van der Waals surface area contributed by atoms with Crippen LogP contribution in [0.1, 0.15) is 11.1 Å². The topological polar surface area (TPSA) is 45.1 Å². The van der Waals surface area contributed by atoms with Crippen LogP contribution in [-0.2, 0) is 6.54 Å². The Bertz CT molecular complexity index is 748. The number of aromatic hydroxyl groups is 1. The van der Waals surface area contributed by atoms with E-state index in [0.717, 1.165) is 23.3 Å². The Morgan fingerprint density at radius 2 is 1.95 bits per heavy atom. The molecule has 3 heteroatoms. The van der Waals surface area contributed by atoms with Gasteiger partial charge in [0.1, 0.15) is 5.75 Å². The third-order valence-corrected chi connectivity index (χ3v) is 3.42. The zero-order chi connectivity index (χ0) is 13.9. The molecule has 0 atom stereocenters. The summed E-state index contributed by atoms with van der Waals surface area (Å²) in [6, 6.07) is 15.5. The van der Waals surface area contributed by atoms with Crippen molar-refractivity contribution in [3.63, 3.8) is 0 Å². The molecule has 0 amide bonds. The summed E-state index contributed by atoms with van der Waals surface area (Å²) in [5.74, 6) is 0.294. The molecule has 0 saturated heterocycles. The van der Waals surface area contributed by atoms with Crippen molar-refractivity contribution in [3.05, 3.63) is 65.9 Å². The standard InChI is InChI=1S/C17H16N2O/c1-12-10-14(20)6-7-16(12)19-11-13-8-9-18-17-5-3-2-4-15(13)17/h2-10,19-20H,11H2,1H3. The smallest absolute Gasteiger partial charge is 0.115 e. The molecule has 100 valence electrons. The van der Waals surface area contributed by atoms with Crippen LogP contribution in [0.2, 0.25) is 0 Å². The molecule has 0 aliphatic heterocycles. The van der Waals surface area contributed by atoms with Crippen LogP contribution in [0.15, 0.2) is 54.7 Å². The first-order valence-corrected chi connectivity index (χ1v) is 6.60. The van der Waals surface area contributed by atoms with Crippen LogP contribution in [0.4, 0.5) is 5.69 Å². The Labute approximate surface area is 117 Å². The molecule has 20 heavy (non-hydrogen) atoms. The zero-order valence-electron chi connectivity index (χ0n) is 11.3. The molecule has 0 bridgehead atoms. The number of para-hydroxylation sites is 1. The molecule has 0 aliphatic rings. The van der Waals surface area contributed by atoms with Crippen LogP contribution in [-0.4, -0.2) is 10.1 Å². The van der Waals surface area contributed by atoms with Gasteiger partial charge in [-0.05, 0) is 48.4 Å². The lowest BCUT2D eigenvalue weighted by Gasteiger charge is -2.11. The maximum atomic E-state index is 9.43. The van der Waals surface area contributed by atoms with E-state index >= 15 is 0 Å². The molecule has 1 heterocycles. The van der Waals surface area contributed by atoms with Crippen LogP contribution in [0, 0.1) is 6.92 Å². The third kappa shape index (κ3) is 2.43.